The monoisotopic (exact) mass is 274 g/mol. The lowest BCUT2D eigenvalue weighted by atomic mass is 10.3. The summed E-state index contributed by atoms with van der Waals surface area (Å²) < 4.78 is 26.3. The molecule has 19 heavy (non-hydrogen) atoms. The zero-order valence-corrected chi connectivity index (χ0v) is 11.0. The van der Waals surface area contributed by atoms with Crippen LogP contribution < -0.4 is 4.72 Å². The van der Waals surface area contributed by atoms with Gasteiger partial charge in [0.1, 0.15) is 0 Å². The molecule has 2 aromatic rings. The summed E-state index contributed by atoms with van der Waals surface area (Å²) in [5, 5.41) is 0. The second-order valence-electron chi connectivity index (χ2n) is 3.85. The Kier molecular flexibility index (Phi) is 4.43. The Morgan fingerprint density at radius 2 is 1.89 bits per heavy atom. The van der Waals surface area contributed by atoms with Gasteiger partial charge in [-0.25, -0.2) is 13.1 Å². The van der Waals surface area contributed by atoms with E-state index in [9.17, 15) is 8.42 Å². The fourth-order valence-electron chi connectivity index (χ4n) is 1.51. The molecule has 0 aliphatic rings. The first kappa shape index (κ1) is 13.5. The lowest BCUT2D eigenvalue weighted by molar-refractivity contribution is 0.585. The molecule has 0 amide bonds. The van der Waals surface area contributed by atoms with Crippen molar-refractivity contribution in [2.45, 2.75) is 4.90 Å². The maximum atomic E-state index is 11.9. The van der Waals surface area contributed by atoms with Crippen LogP contribution in [0.5, 0.6) is 0 Å². The Hall–Kier alpha value is -1.98. The van der Waals surface area contributed by atoms with Crippen molar-refractivity contribution < 1.29 is 8.42 Å². The Labute approximate surface area is 112 Å². The van der Waals surface area contributed by atoms with Gasteiger partial charge in [0.25, 0.3) is 0 Å². The average molecular weight is 274 g/mol. The molecule has 1 aromatic carbocycles. The molecule has 0 saturated carbocycles. The quantitative estimate of drug-likeness (QED) is 0.908. The van der Waals surface area contributed by atoms with Crippen molar-refractivity contribution in [1.82, 2.24) is 9.71 Å². The molecule has 0 fully saturated rings. The van der Waals surface area contributed by atoms with Crippen molar-refractivity contribution >= 4 is 16.1 Å². The van der Waals surface area contributed by atoms with Crippen molar-refractivity contribution in [1.29, 1.82) is 0 Å². The average Bonchev–Trinajstić information content (AvgIpc) is 2.46. The van der Waals surface area contributed by atoms with Crippen LogP contribution in [0, 0.1) is 0 Å². The van der Waals surface area contributed by atoms with Gasteiger partial charge in [-0.15, -0.1) is 0 Å². The van der Waals surface area contributed by atoms with E-state index in [1.165, 1.54) is 0 Å². The molecule has 0 spiro atoms. The smallest absolute Gasteiger partial charge is 0.240 e. The minimum atomic E-state index is -3.43. The number of aromatic nitrogens is 1. The fourth-order valence-corrected chi connectivity index (χ4v) is 2.51. The highest BCUT2D eigenvalue weighted by Crippen LogP contribution is 2.06. The van der Waals surface area contributed by atoms with Gasteiger partial charge in [-0.3, -0.25) is 4.98 Å². The van der Waals surface area contributed by atoms with Gasteiger partial charge in [0.05, 0.1) is 4.90 Å². The van der Waals surface area contributed by atoms with Crippen LogP contribution in [0.15, 0.2) is 65.8 Å². The Balaban J connectivity index is 1.95. The molecule has 1 N–H and O–H groups in total. The van der Waals surface area contributed by atoms with E-state index in [2.05, 4.69) is 9.71 Å². The summed E-state index contributed by atoms with van der Waals surface area (Å²) in [4.78, 5) is 4.24. The van der Waals surface area contributed by atoms with E-state index in [0.717, 1.165) is 5.56 Å². The summed E-state index contributed by atoms with van der Waals surface area (Å²) in [6.45, 7) is 0.242. The van der Waals surface area contributed by atoms with Gasteiger partial charge in [0, 0.05) is 18.9 Å². The second kappa shape index (κ2) is 6.26. The van der Waals surface area contributed by atoms with E-state index in [1.807, 2.05) is 18.2 Å². The first-order valence-corrected chi connectivity index (χ1v) is 7.28. The maximum Gasteiger partial charge on any atom is 0.240 e. The summed E-state index contributed by atoms with van der Waals surface area (Å²) in [6.07, 6.45) is 6.97. The number of nitrogens with one attached hydrogen (secondary N) is 1. The van der Waals surface area contributed by atoms with Gasteiger partial charge in [0.15, 0.2) is 0 Å². The normalized spacial score (nSPS) is 11.8. The molecular formula is C14H14N2O2S. The van der Waals surface area contributed by atoms with E-state index < -0.39 is 10.0 Å². The largest absolute Gasteiger partial charge is 0.264 e. The van der Waals surface area contributed by atoms with Crippen LogP contribution in [0.4, 0.5) is 0 Å². The third kappa shape index (κ3) is 4.01. The van der Waals surface area contributed by atoms with Gasteiger partial charge < -0.3 is 0 Å². The van der Waals surface area contributed by atoms with Crippen LogP contribution in [0.25, 0.3) is 6.08 Å². The lowest BCUT2D eigenvalue weighted by Gasteiger charge is -2.03. The first-order chi connectivity index (χ1) is 9.18. The number of pyridine rings is 1. The fraction of sp³-hybridized carbons (Fsp3) is 0.0714. The molecule has 5 heteroatoms. The zero-order valence-electron chi connectivity index (χ0n) is 10.2. The van der Waals surface area contributed by atoms with Crippen molar-refractivity contribution in [2.24, 2.45) is 0 Å². The molecule has 1 heterocycles. The number of hydrogen-bond acceptors (Lipinski definition) is 3. The highest BCUT2D eigenvalue weighted by Gasteiger charge is 2.10. The van der Waals surface area contributed by atoms with Crippen molar-refractivity contribution in [3.05, 3.63) is 66.5 Å². The van der Waals surface area contributed by atoms with Gasteiger partial charge in [0.2, 0.25) is 10.0 Å². The third-order valence-electron chi connectivity index (χ3n) is 2.44. The minimum Gasteiger partial charge on any atom is -0.264 e. The Morgan fingerprint density at radius 3 is 2.58 bits per heavy atom. The SMILES string of the molecule is O=S(=O)(NC/C=C/c1cccnc1)c1ccccc1. The van der Waals surface area contributed by atoms with Crippen LogP contribution in [0.1, 0.15) is 5.56 Å². The van der Waals surface area contributed by atoms with Gasteiger partial charge >= 0.3 is 0 Å². The lowest BCUT2D eigenvalue weighted by Crippen LogP contribution is -2.23. The molecular weight excluding hydrogens is 260 g/mol. The molecule has 0 bridgehead atoms. The molecule has 4 nitrogen and oxygen atoms in total. The number of benzene rings is 1. The topological polar surface area (TPSA) is 59.1 Å². The number of nitrogens with zero attached hydrogens (tertiary/aromatic N) is 1. The van der Waals surface area contributed by atoms with Crippen molar-refractivity contribution in [3.63, 3.8) is 0 Å². The van der Waals surface area contributed by atoms with Crippen molar-refractivity contribution in [2.75, 3.05) is 6.54 Å². The molecule has 98 valence electrons. The summed E-state index contributed by atoms with van der Waals surface area (Å²) in [6, 6.07) is 12.0. The highest BCUT2D eigenvalue weighted by molar-refractivity contribution is 7.89. The van der Waals surface area contributed by atoms with Crippen LogP contribution in [0.3, 0.4) is 0 Å². The number of rotatable bonds is 5. The maximum absolute atomic E-state index is 11.9. The van der Waals surface area contributed by atoms with Crippen LogP contribution in [-0.2, 0) is 10.0 Å². The standard InChI is InChI=1S/C14H14N2O2S/c17-19(18,14-8-2-1-3-9-14)16-11-5-7-13-6-4-10-15-12-13/h1-10,12,16H,11H2/b7-5+. The number of sulfonamides is 1. The predicted molar refractivity (Wildman–Crippen MR) is 74.9 cm³/mol. The van der Waals surface area contributed by atoms with E-state index in [0.29, 0.717) is 0 Å². The molecule has 0 atom stereocenters. The predicted octanol–water partition coefficient (Wildman–Crippen LogP) is 2.07. The third-order valence-corrected chi connectivity index (χ3v) is 3.88. The van der Waals surface area contributed by atoms with Gasteiger partial charge in [-0.1, -0.05) is 36.4 Å². The molecule has 1 aromatic heterocycles. The molecule has 0 radical (unpaired) electrons. The molecule has 2 rings (SSSR count). The molecule has 0 aliphatic carbocycles. The van der Waals surface area contributed by atoms with Crippen LogP contribution in [0.2, 0.25) is 0 Å². The van der Waals surface area contributed by atoms with E-state index >= 15 is 0 Å². The van der Waals surface area contributed by atoms with E-state index in [4.69, 9.17) is 0 Å². The second-order valence-corrected chi connectivity index (χ2v) is 5.62. The Bertz CT molecular complexity index is 638. The zero-order chi connectivity index (χ0) is 13.6. The number of hydrogen-bond donors (Lipinski definition) is 1. The molecule has 0 unspecified atom stereocenters. The van der Waals surface area contributed by atoms with E-state index in [-0.39, 0.29) is 11.4 Å². The van der Waals surface area contributed by atoms with Gasteiger partial charge in [-0.05, 0) is 23.8 Å². The van der Waals surface area contributed by atoms with Gasteiger partial charge in [-0.2, -0.15) is 0 Å². The molecule has 0 aliphatic heterocycles. The molecule has 0 saturated heterocycles. The first-order valence-electron chi connectivity index (χ1n) is 5.80. The van der Waals surface area contributed by atoms with Crippen LogP contribution in [-0.4, -0.2) is 19.9 Å². The summed E-state index contributed by atoms with van der Waals surface area (Å²) in [5.41, 5.74) is 0.932. The summed E-state index contributed by atoms with van der Waals surface area (Å²) in [7, 11) is -3.43. The minimum absolute atomic E-state index is 0.242. The van der Waals surface area contributed by atoms with Crippen LogP contribution >= 0.6 is 0 Å². The summed E-state index contributed by atoms with van der Waals surface area (Å²) in [5.74, 6) is 0. The Morgan fingerprint density at radius 1 is 1.11 bits per heavy atom. The highest BCUT2D eigenvalue weighted by atomic mass is 32.2. The summed E-state index contributed by atoms with van der Waals surface area (Å²) >= 11 is 0. The van der Waals surface area contributed by atoms with Crippen molar-refractivity contribution in [3.8, 4) is 0 Å². The van der Waals surface area contributed by atoms with E-state index in [1.54, 1.807) is 48.8 Å².